The molecule has 0 aromatic heterocycles. The zero-order chi connectivity index (χ0) is 11.5. The number of carbonyl (C=O) groups is 1. The SMILES string of the molecule is CC1CCN(C(=O)N2CCOCC2)C1CO. The number of nitrogens with zero attached hydrogens (tertiary/aromatic N) is 2. The van der Waals surface area contributed by atoms with Crippen LogP contribution in [0.1, 0.15) is 13.3 Å². The molecule has 16 heavy (non-hydrogen) atoms. The molecule has 5 nitrogen and oxygen atoms in total. The van der Waals surface area contributed by atoms with Gasteiger partial charge in [-0.3, -0.25) is 0 Å². The van der Waals surface area contributed by atoms with Gasteiger partial charge in [0.25, 0.3) is 0 Å². The number of urea groups is 1. The van der Waals surface area contributed by atoms with Gasteiger partial charge in [0, 0.05) is 19.6 Å². The molecule has 2 aliphatic rings. The van der Waals surface area contributed by atoms with E-state index in [0.29, 0.717) is 32.2 Å². The monoisotopic (exact) mass is 228 g/mol. The lowest BCUT2D eigenvalue weighted by Crippen LogP contribution is -2.51. The minimum absolute atomic E-state index is 0.00431. The summed E-state index contributed by atoms with van der Waals surface area (Å²) >= 11 is 0. The molecule has 92 valence electrons. The van der Waals surface area contributed by atoms with E-state index in [1.54, 1.807) is 0 Å². The molecule has 5 heteroatoms. The van der Waals surface area contributed by atoms with Crippen LogP contribution in [0.25, 0.3) is 0 Å². The highest BCUT2D eigenvalue weighted by molar-refractivity contribution is 5.75. The average molecular weight is 228 g/mol. The molecule has 0 spiro atoms. The van der Waals surface area contributed by atoms with Crippen LogP contribution < -0.4 is 0 Å². The molecule has 0 aromatic carbocycles. The van der Waals surface area contributed by atoms with Crippen molar-refractivity contribution < 1.29 is 14.6 Å². The van der Waals surface area contributed by atoms with Crippen molar-refractivity contribution >= 4 is 6.03 Å². The lowest BCUT2D eigenvalue weighted by Gasteiger charge is -2.34. The number of morpholine rings is 1. The van der Waals surface area contributed by atoms with Gasteiger partial charge in [0.05, 0.1) is 25.9 Å². The van der Waals surface area contributed by atoms with Crippen LogP contribution in [-0.4, -0.2) is 66.4 Å². The summed E-state index contributed by atoms with van der Waals surface area (Å²) in [7, 11) is 0. The molecule has 2 unspecified atom stereocenters. The van der Waals surface area contributed by atoms with Crippen molar-refractivity contribution in [3.8, 4) is 0 Å². The predicted molar refractivity (Wildman–Crippen MR) is 59.1 cm³/mol. The van der Waals surface area contributed by atoms with Gasteiger partial charge in [-0.1, -0.05) is 6.92 Å². The summed E-state index contributed by atoms with van der Waals surface area (Å²) in [6, 6.07) is 0.0574. The van der Waals surface area contributed by atoms with Gasteiger partial charge in [-0.15, -0.1) is 0 Å². The number of ether oxygens (including phenoxy) is 1. The second-order valence-corrected chi connectivity index (χ2v) is 4.59. The molecule has 2 saturated heterocycles. The molecule has 2 aliphatic heterocycles. The van der Waals surface area contributed by atoms with Gasteiger partial charge in [-0.05, 0) is 12.3 Å². The van der Waals surface area contributed by atoms with Crippen molar-refractivity contribution in [2.75, 3.05) is 39.5 Å². The highest BCUT2D eigenvalue weighted by Crippen LogP contribution is 2.24. The minimum Gasteiger partial charge on any atom is -0.394 e. The molecule has 0 saturated carbocycles. The molecule has 1 N–H and O–H groups in total. The second-order valence-electron chi connectivity index (χ2n) is 4.59. The third-order valence-electron chi connectivity index (χ3n) is 3.60. The Kier molecular flexibility index (Phi) is 3.66. The summed E-state index contributed by atoms with van der Waals surface area (Å²) in [6.45, 7) is 5.51. The van der Waals surface area contributed by atoms with Crippen LogP contribution >= 0.6 is 0 Å². The Balaban J connectivity index is 1.97. The fraction of sp³-hybridized carbons (Fsp3) is 0.909. The number of aliphatic hydroxyl groups excluding tert-OH is 1. The number of hydrogen-bond acceptors (Lipinski definition) is 3. The molecular weight excluding hydrogens is 208 g/mol. The standard InChI is InChI=1S/C11H20N2O3/c1-9-2-3-13(10(9)8-14)11(15)12-4-6-16-7-5-12/h9-10,14H,2-8H2,1H3. The predicted octanol–water partition coefficient (Wildman–Crippen LogP) is 0.141. The van der Waals surface area contributed by atoms with Gasteiger partial charge in [-0.2, -0.15) is 0 Å². The molecule has 2 fully saturated rings. The smallest absolute Gasteiger partial charge is 0.320 e. The van der Waals surface area contributed by atoms with E-state index in [-0.39, 0.29) is 18.7 Å². The summed E-state index contributed by atoms with van der Waals surface area (Å²) in [5, 5.41) is 9.32. The fourth-order valence-electron chi connectivity index (χ4n) is 2.46. The Morgan fingerprint density at radius 2 is 2.06 bits per heavy atom. The van der Waals surface area contributed by atoms with Gasteiger partial charge in [0.1, 0.15) is 0 Å². The first-order chi connectivity index (χ1) is 7.74. The second kappa shape index (κ2) is 5.01. The average Bonchev–Trinajstić information content (AvgIpc) is 2.70. The van der Waals surface area contributed by atoms with Crippen LogP contribution in [-0.2, 0) is 4.74 Å². The highest BCUT2D eigenvalue weighted by Gasteiger charge is 2.36. The molecule has 0 radical (unpaired) electrons. The van der Waals surface area contributed by atoms with E-state index in [2.05, 4.69) is 6.92 Å². The molecule has 0 aromatic rings. The van der Waals surface area contributed by atoms with Gasteiger partial charge in [0.15, 0.2) is 0 Å². The van der Waals surface area contributed by atoms with Gasteiger partial charge in [-0.25, -0.2) is 4.79 Å². The quantitative estimate of drug-likeness (QED) is 0.694. The lowest BCUT2D eigenvalue weighted by molar-refractivity contribution is 0.0382. The van der Waals surface area contributed by atoms with Crippen LogP contribution in [0.4, 0.5) is 4.79 Å². The first-order valence-electron chi connectivity index (χ1n) is 5.98. The van der Waals surface area contributed by atoms with Crippen LogP contribution in [0.5, 0.6) is 0 Å². The van der Waals surface area contributed by atoms with E-state index in [9.17, 15) is 9.90 Å². The number of hydrogen-bond donors (Lipinski definition) is 1. The Bertz CT molecular complexity index is 254. The Morgan fingerprint density at radius 1 is 1.38 bits per heavy atom. The first kappa shape index (κ1) is 11.7. The van der Waals surface area contributed by atoms with Crippen LogP contribution in [0.3, 0.4) is 0 Å². The molecule has 2 rings (SSSR count). The van der Waals surface area contributed by atoms with Crippen molar-refractivity contribution in [1.82, 2.24) is 9.80 Å². The first-order valence-corrected chi connectivity index (χ1v) is 5.98. The van der Waals surface area contributed by atoms with Crippen molar-refractivity contribution in [3.05, 3.63) is 0 Å². The van der Waals surface area contributed by atoms with Crippen molar-refractivity contribution in [1.29, 1.82) is 0 Å². The summed E-state index contributed by atoms with van der Waals surface area (Å²) in [6.07, 6.45) is 0.987. The van der Waals surface area contributed by atoms with Gasteiger partial charge >= 0.3 is 6.03 Å². The van der Waals surface area contributed by atoms with E-state index in [1.165, 1.54) is 0 Å². The summed E-state index contributed by atoms with van der Waals surface area (Å²) in [5.74, 6) is 0.398. The molecule has 0 bridgehead atoms. The van der Waals surface area contributed by atoms with Crippen molar-refractivity contribution in [3.63, 3.8) is 0 Å². The van der Waals surface area contributed by atoms with E-state index in [4.69, 9.17) is 4.74 Å². The number of rotatable bonds is 1. The largest absolute Gasteiger partial charge is 0.394 e. The van der Waals surface area contributed by atoms with Gasteiger partial charge < -0.3 is 19.6 Å². The number of aliphatic hydroxyl groups is 1. The summed E-state index contributed by atoms with van der Waals surface area (Å²) < 4.78 is 5.23. The fourth-order valence-corrected chi connectivity index (χ4v) is 2.46. The summed E-state index contributed by atoms with van der Waals surface area (Å²) in [4.78, 5) is 15.8. The van der Waals surface area contributed by atoms with Crippen LogP contribution in [0.15, 0.2) is 0 Å². The van der Waals surface area contributed by atoms with Crippen molar-refractivity contribution in [2.45, 2.75) is 19.4 Å². The van der Waals surface area contributed by atoms with E-state index in [1.807, 2.05) is 9.80 Å². The Morgan fingerprint density at radius 3 is 2.69 bits per heavy atom. The highest BCUT2D eigenvalue weighted by atomic mass is 16.5. The normalized spacial score (nSPS) is 30.9. The van der Waals surface area contributed by atoms with E-state index in [0.717, 1.165) is 13.0 Å². The van der Waals surface area contributed by atoms with Crippen molar-refractivity contribution in [2.24, 2.45) is 5.92 Å². The van der Waals surface area contributed by atoms with E-state index >= 15 is 0 Å². The maximum atomic E-state index is 12.2. The molecule has 2 atom stereocenters. The minimum atomic E-state index is -0.00431. The zero-order valence-corrected chi connectivity index (χ0v) is 9.76. The number of likely N-dealkylation sites (tertiary alicyclic amines) is 1. The van der Waals surface area contributed by atoms with Crippen LogP contribution in [0, 0.1) is 5.92 Å². The summed E-state index contributed by atoms with van der Waals surface area (Å²) in [5.41, 5.74) is 0. The molecule has 2 heterocycles. The molecule has 2 amide bonds. The third kappa shape index (κ3) is 2.15. The topological polar surface area (TPSA) is 53.0 Å². The maximum Gasteiger partial charge on any atom is 0.320 e. The number of amides is 2. The lowest BCUT2D eigenvalue weighted by atomic mass is 10.0. The van der Waals surface area contributed by atoms with E-state index < -0.39 is 0 Å². The Labute approximate surface area is 96.0 Å². The third-order valence-corrected chi connectivity index (χ3v) is 3.60. The number of carbonyl (C=O) groups excluding carboxylic acids is 1. The van der Waals surface area contributed by atoms with Gasteiger partial charge in [0.2, 0.25) is 0 Å². The molecular formula is C11H20N2O3. The maximum absolute atomic E-state index is 12.2. The van der Waals surface area contributed by atoms with Crippen LogP contribution in [0.2, 0.25) is 0 Å². The Hall–Kier alpha value is -0.810. The zero-order valence-electron chi connectivity index (χ0n) is 9.76. The molecule has 0 aliphatic carbocycles.